The molecule has 1 aliphatic carbocycles. The molecular weight excluding hydrogens is 267 g/mol. The summed E-state index contributed by atoms with van der Waals surface area (Å²) in [4.78, 5) is 21.3. The summed E-state index contributed by atoms with van der Waals surface area (Å²) in [6, 6.07) is 3.15. The first kappa shape index (κ1) is 14.2. The Hall–Kier alpha value is -2.18. The zero-order valence-electron chi connectivity index (χ0n) is 10.8. The molecule has 2 rings (SSSR count). The van der Waals surface area contributed by atoms with Crippen LogP contribution in [0.2, 0.25) is 0 Å². The van der Waals surface area contributed by atoms with Gasteiger partial charge in [0.1, 0.15) is 5.82 Å². The number of rotatable bonds is 5. The van der Waals surface area contributed by atoms with Crippen molar-refractivity contribution in [3.63, 3.8) is 0 Å². The minimum Gasteiger partial charge on any atom is -0.481 e. The Balaban J connectivity index is 2.14. The van der Waals surface area contributed by atoms with Gasteiger partial charge < -0.3 is 10.4 Å². The average molecular weight is 282 g/mol. The number of carboxylic acids is 1. The van der Waals surface area contributed by atoms with Gasteiger partial charge in [0.2, 0.25) is 0 Å². The number of nitro benzene ring substituents is 1. The predicted octanol–water partition coefficient (Wildman–Crippen LogP) is 2.79. The topological polar surface area (TPSA) is 92.5 Å². The van der Waals surface area contributed by atoms with E-state index < -0.39 is 22.1 Å². The number of carbonyl (C=O) groups is 1. The van der Waals surface area contributed by atoms with Gasteiger partial charge in [-0.1, -0.05) is 12.8 Å². The third-order valence-corrected chi connectivity index (χ3v) is 3.74. The molecule has 0 bridgehead atoms. The van der Waals surface area contributed by atoms with Crippen molar-refractivity contribution in [1.82, 2.24) is 0 Å². The maximum Gasteiger partial charge on any atom is 0.311 e. The lowest BCUT2D eigenvalue weighted by Gasteiger charge is -2.24. The maximum absolute atomic E-state index is 13.3. The van der Waals surface area contributed by atoms with Crippen molar-refractivity contribution in [2.24, 2.45) is 5.41 Å². The van der Waals surface area contributed by atoms with Crippen LogP contribution in [-0.2, 0) is 4.79 Å². The second kappa shape index (κ2) is 5.44. The highest BCUT2D eigenvalue weighted by molar-refractivity contribution is 5.76. The fraction of sp³-hybridized carbons (Fsp3) is 0.462. The van der Waals surface area contributed by atoms with Gasteiger partial charge in [0.25, 0.3) is 5.69 Å². The van der Waals surface area contributed by atoms with Crippen LogP contribution in [0.25, 0.3) is 0 Å². The minimum absolute atomic E-state index is 0.142. The van der Waals surface area contributed by atoms with Crippen molar-refractivity contribution < 1.29 is 19.2 Å². The zero-order valence-corrected chi connectivity index (χ0v) is 10.8. The van der Waals surface area contributed by atoms with E-state index in [9.17, 15) is 24.4 Å². The number of hydrogen-bond acceptors (Lipinski definition) is 4. The van der Waals surface area contributed by atoms with E-state index in [1.165, 1.54) is 6.07 Å². The van der Waals surface area contributed by atoms with Crippen LogP contribution in [-0.4, -0.2) is 22.5 Å². The van der Waals surface area contributed by atoms with Gasteiger partial charge in [-0.2, -0.15) is 0 Å². The summed E-state index contributed by atoms with van der Waals surface area (Å²) in [5.41, 5.74) is -0.992. The maximum atomic E-state index is 13.3. The Labute approximate surface area is 114 Å². The Bertz CT molecular complexity index is 541. The molecule has 0 aliphatic heterocycles. The van der Waals surface area contributed by atoms with Crippen LogP contribution in [0, 0.1) is 21.3 Å². The molecule has 0 heterocycles. The van der Waals surface area contributed by atoms with Crippen LogP contribution >= 0.6 is 0 Å². The first-order chi connectivity index (χ1) is 9.43. The molecule has 20 heavy (non-hydrogen) atoms. The molecule has 0 unspecified atom stereocenters. The monoisotopic (exact) mass is 282 g/mol. The number of hydrogen-bond donors (Lipinski definition) is 2. The number of aliphatic carboxylic acids is 1. The molecule has 1 saturated carbocycles. The molecule has 0 radical (unpaired) electrons. The lowest BCUT2D eigenvalue weighted by atomic mass is 9.86. The third kappa shape index (κ3) is 2.87. The molecule has 1 aromatic rings. The van der Waals surface area contributed by atoms with E-state index >= 15 is 0 Å². The van der Waals surface area contributed by atoms with Gasteiger partial charge in [0.15, 0.2) is 0 Å². The minimum atomic E-state index is -0.881. The summed E-state index contributed by atoms with van der Waals surface area (Å²) in [6.45, 7) is 0.142. The van der Waals surface area contributed by atoms with Crippen LogP contribution in [0.15, 0.2) is 18.2 Å². The van der Waals surface area contributed by atoms with Gasteiger partial charge in [0.05, 0.1) is 16.4 Å². The zero-order chi connectivity index (χ0) is 14.8. The predicted molar refractivity (Wildman–Crippen MR) is 70.1 cm³/mol. The van der Waals surface area contributed by atoms with Gasteiger partial charge in [-0.25, -0.2) is 4.39 Å². The largest absolute Gasteiger partial charge is 0.481 e. The van der Waals surface area contributed by atoms with Crippen LogP contribution in [0.1, 0.15) is 25.7 Å². The Kier molecular flexibility index (Phi) is 3.87. The number of non-ortho nitro benzene ring substituents is 1. The van der Waals surface area contributed by atoms with Crippen molar-refractivity contribution in [2.45, 2.75) is 25.7 Å². The molecule has 1 fully saturated rings. The van der Waals surface area contributed by atoms with Crippen molar-refractivity contribution >= 4 is 17.3 Å². The van der Waals surface area contributed by atoms with Gasteiger partial charge in [-0.05, 0) is 18.9 Å². The van der Waals surface area contributed by atoms with Crippen molar-refractivity contribution in [3.8, 4) is 0 Å². The summed E-state index contributed by atoms with van der Waals surface area (Å²) in [6.07, 6.45) is 2.81. The van der Waals surface area contributed by atoms with E-state index in [2.05, 4.69) is 5.32 Å². The normalized spacial score (nSPS) is 16.9. The summed E-state index contributed by atoms with van der Waals surface area (Å²) in [7, 11) is 0. The Morgan fingerprint density at radius 3 is 2.60 bits per heavy atom. The molecule has 0 atom stereocenters. The van der Waals surface area contributed by atoms with Crippen molar-refractivity contribution in [1.29, 1.82) is 0 Å². The highest BCUT2D eigenvalue weighted by Gasteiger charge is 2.41. The number of nitrogens with zero attached hydrogens (tertiary/aromatic N) is 1. The molecule has 6 nitrogen and oxygen atoms in total. The van der Waals surface area contributed by atoms with Crippen LogP contribution in [0.5, 0.6) is 0 Å². The van der Waals surface area contributed by atoms with Crippen LogP contribution in [0.4, 0.5) is 15.8 Å². The fourth-order valence-corrected chi connectivity index (χ4v) is 2.57. The molecule has 1 aliphatic rings. The van der Waals surface area contributed by atoms with E-state index in [1.54, 1.807) is 0 Å². The van der Waals surface area contributed by atoms with E-state index in [0.717, 1.165) is 25.0 Å². The molecule has 2 N–H and O–H groups in total. The average Bonchev–Trinajstić information content (AvgIpc) is 2.86. The number of carboxylic acid groups (broad SMARTS) is 1. The van der Waals surface area contributed by atoms with Crippen molar-refractivity contribution in [2.75, 3.05) is 11.9 Å². The first-order valence-corrected chi connectivity index (χ1v) is 6.35. The summed E-state index contributed by atoms with van der Waals surface area (Å²) >= 11 is 0. The van der Waals surface area contributed by atoms with E-state index in [-0.39, 0.29) is 17.9 Å². The highest BCUT2D eigenvalue weighted by atomic mass is 19.1. The summed E-state index contributed by atoms with van der Waals surface area (Å²) in [5.74, 6) is -1.61. The molecule has 0 spiro atoms. The number of nitrogens with one attached hydrogen (secondary N) is 1. The number of anilines is 1. The van der Waals surface area contributed by atoms with E-state index in [0.29, 0.717) is 12.8 Å². The molecule has 0 aromatic heterocycles. The lowest BCUT2D eigenvalue weighted by Crippen LogP contribution is -2.35. The second-order valence-electron chi connectivity index (χ2n) is 5.10. The van der Waals surface area contributed by atoms with Crippen molar-refractivity contribution in [3.05, 3.63) is 34.1 Å². The molecule has 0 amide bonds. The SMILES string of the molecule is O=C(O)C1(CNc2cc(F)cc([N+](=O)[O-])c2)CCCC1. The first-order valence-electron chi connectivity index (χ1n) is 6.35. The molecule has 108 valence electrons. The quantitative estimate of drug-likeness (QED) is 0.640. The molecule has 0 saturated heterocycles. The number of halogens is 1. The lowest BCUT2D eigenvalue weighted by molar-refractivity contribution is -0.385. The molecular formula is C13H15FN2O4. The Morgan fingerprint density at radius 1 is 1.40 bits per heavy atom. The fourth-order valence-electron chi connectivity index (χ4n) is 2.57. The number of nitro groups is 1. The van der Waals surface area contributed by atoms with E-state index in [1.807, 2.05) is 0 Å². The summed E-state index contributed by atoms with van der Waals surface area (Å²) in [5, 5.41) is 22.8. The summed E-state index contributed by atoms with van der Waals surface area (Å²) < 4.78 is 13.3. The van der Waals surface area contributed by atoms with Gasteiger partial charge in [-0.15, -0.1) is 0 Å². The second-order valence-corrected chi connectivity index (χ2v) is 5.10. The molecule has 1 aromatic carbocycles. The van der Waals surface area contributed by atoms with Crippen LogP contribution in [0.3, 0.4) is 0 Å². The van der Waals surface area contributed by atoms with Crippen LogP contribution < -0.4 is 5.32 Å². The highest BCUT2D eigenvalue weighted by Crippen LogP contribution is 2.38. The smallest absolute Gasteiger partial charge is 0.311 e. The Morgan fingerprint density at radius 2 is 2.05 bits per heavy atom. The standard InChI is InChI=1S/C13H15FN2O4/c14-9-5-10(7-11(6-9)16(19)20)15-8-13(12(17)18)3-1-2-4-13/h5-7,15H,1-4,8H2,(H,17,18). The number of benzene rings is 1. The van der Waals surface area contributed by atoms with Gasteiger partial charge in [0, 0.05) is 18.3 Å². The molecule has 7 heteroatoms. The third-order valence-electron chi connectivity index (χ3n) is 3.74. The van der Waals surface area contributed by atoms with Gasteiger partial charge in [-0.3, -0.25) is 14.9 Å². The van der Waals surface area contributed by atoms with E-state index in [4.69, 9.17) is 0 Å². The van der Waals surface area contributed by atoms with Gasteiger partial charge >= 0.3 is 5.97 Å².